The predicted molar refractivity (Wildman–Crippen MR) is 67.4 cm³/mol. The van der Waals surface area contributed by atoms with Gasteiger partial charge in [0.1, 0.15) is 6.29 Å². The number of rotatable bonds is 6. The molecule has 0 unspecified atom stereocenters. The van der Waals surface area contributed by atoms with Crippen molar-refractivity contribution in [3.8, 4) is 0 Å². The Bertz CT molecular complexity index is 431. The summed E-state index contributed by atoms with van der Waals surface area (Å²) in [7, 11) is 0. The molecule has 0 saturated carbocycles. The molecule has 0 aliphatic heterocycles. The Morgan fingerprint density at radius 3 is 2.72 bits per heavy atom. The van der Waals surface area contributed by atoms with Crippen molar-refractivity contribution in [2.75, 3.05) is 6.54 Å². The van der Waals surface area contributed by atoms with Crippen LogP contribution in [0, 0.1) is 0 Å². The van der Waals surface area contributed by atoms with E-state index >= 15 is 0 Å². The van der Waals surface area contributed by atoms with E-state index in [0.717, 1.165) is 17.7 Å². The van der Waals surface area contributed by atoms with Gasteiger partial charge in [0, 0.05) is 24.9 Å². The molecule has 2 heterocycles. The fourth-order valence-electron chi connectivity index (χ4n) is 1.78. The van der Waals surface area contributed by atoms with Gasteiger partial charge in [-0.1, -0.05) is 12.1 Å². The lowest BCUT2D eigenvalue weighted by molar-refractivity contribution is -0.393. The lowest BCUT2D eigenvalue weighted by Gasteiger charge is -2.16. The highest BCUT2D eigenvalue weighted by Crippen LogP contribution is 2.04. The molecule has 0 aliphatic carbocycles. The molecule has 0 atom stereocenters. The number of pyridine rings is 2. The molecule has 0 aliphatic rings. The van der Waals surface area contributed by atoms with Crippen molar-refractivity contribution in [3.63, 3.8) is 0 Å². The number of aromatic nitrogens is 2. The van der Waals surface area contributed by atoms with Crippen molar-refractivity contribution in [1.29, 1.82) is 0 Å². The highest BCUT2D eigenvalue weighted by Gasteiger charge is 2.10. The van der Waals surface area contributed by atoms with Gasteiger partial charge in [0.05, 0.1) is 18.8 Å². The summed E-state index contributed by atoms with van der Waals surface area (Å²) in [4.78, 5) is 20.2. The van der Waals surface area contributed by atoms with Crippen LogP contribution in [0.15, 0.2) is 48.8 Å². The summed E-state index contributed by atoms with van der Waals surface area (Å²) >= 11 is 0. The molecule has 92 valence electrons. The van der Waals surface area contributed by atoms with Gasteiger partial charge in [0.25, 0.3) is 0 Å². The largest absolute Gasteiger partial charge is 0.302 e. The SMILES string of the molecule is O=CCN(Cc1ccccn1)Cc1cccc[nH+]1. The first kappa shape index (κ1) is 12.4. The number of carbonyl (C=O) groups excluding carboxylic acids is 1. The number of carbonyl (C=O) groups is 1. The number of aromatic amines is 1. The van der Waals surface area contributed by atoms with Crippen LogP contribution in [-0.2, 0) is 17.9 Å². The second kappa shape index (κ2) is 6.61. The van der Waals surface area contributed by atoms with Crippen LogP contribution < -0.4 is 4.98 Å². The Balaban J connectivity index is 2.02. The molecule has 0 radical (unpaired) electrons. The topological polar surface area (TPSA) is 47.3 Å². The number of H-pyrrole nitrogens is 1. The first-order chi connectivity index (χ1) is 8.88. The van der Waals surface area contributed by atoms with Gasteiger partial charge in [-0.25, -0.2) is 4.98 Å². The van der Waals surface area contributed by atoms with Gasteiger partial charge >= 0.3 is 0 Å². The van der Waals surface area contributed by atoms with Crippen molar-refractivity contribution in [1.82, 2.24) is 9.88 Å². The van der Waals surface area contributed by atoms with Crippen LogP contribution >= 0.6 is 0 Å². The van der Waals surface area contributed by atoms with Crippen LogP contribution in [0.5, 0.6) is 0 Å². The Kier molecular flexibility index (Phi) is 4.55. The lowest BCUT2D eigenvalue weighted by Crippen LogP contribution is -2.28. The van der Waals surface area contributed by atoms with Crippen molar-refractivity contribution >= 4 is 6.29 Å². The minimum absolute atomic E-state index is 0.402. The third-order valence-electron chi connectivity index (χ3n) is 2.61. The van der Waals surface area contributed by atoms with Crippen LogP contribution in [0.1, 0.15) is 11.4 Å². The van der Waals surface area contributed by atoms with Crippen molar-refractivity contribution in [2.45, 2.75) is 13.1 Å². The average Bonchev–Trinajstić information content (AvgIpc) is 2.41. The molecular formula is C14H16N3O+. The second-order valence-electron chi connectivity index (χ2n) is 4.05. The van der Waals surface area contributed by atoms with E-state index in [4.69, 9.17) is 0 Å². The van der Waals surface area contributed by atoms with Crippen molar-refractivity contribution < 1.29 is 9.78 Å². The van der Waals surface area contributed by atoms with Crippen molar-refractivity contribution in [3.05, 3.63) is 60.2 Å². The van der Waals surface area contributed by atoms with Gasteiger partial charge in [-0.05, 0) is 12.1 Å². The highest BCUT2D eigenvalue weighted by molar-refractivity contribution is 5.51. The quantitative estimate of drug-likeness (QED) is 0.713. The molecule has 2 aromatic rings. The third-order valence-corrected chi connectivity index (χ3v) is 2.61. The van der Waals surface area contributed by atoms with Gasteiger partial charge in [-0.3, -0.25) is 9.88 Å². The van der Waals surface area contributed by atoms with Crippen LogP contribution in [0.4, 0.5) is 0 Å². The van der Waals surface area contributed by atoms with Gasteiger partial charge in [-0.2, -0.15) is 0 Å². The minimum atomic E-state index is 0.402. The number of nitrogens with zero attached hydrogens (tertiary/aromatic N) is 2. The van der Waals surface area contributed by atoms with Gasteiger partial charge in [0.2, 0.25) is 0 Å². The zero-order valence-electron chi connectivity index (χ0n) is 10.1. The summed E-state index contributed by atoms with van der Waals surface area (Å²) in [5.41, 5.74) is 2.05. The first-order valence-electron chi connectivity index (χ1n) is 5.90. The Hall–Kier alpha value is -2.07. The Labute approximate surface area is 106 Å². The summed E-state index contributed by atoms with van der Waals surface area (Å²) in [5, 5.41) is 0. The van der Waals surface area contributed by atoms with Crippen LogP contribution in [0.2, 0.25) is 0 Å². The Morgan fingerprint density at radius 1 is 1.17 bits per heavy atom. The molecule has 0 bridgehead atoms. The molecule has 0 aromatic carbocycles. The first-order valence-corrected chi connectivity index (χ1v) is 5.90. The number of hydrogen-bond acceptors (Lipinski definition) is 3. The normalized spacial score (nSPS) is 10.5. The van der Waals surface area contributed by atoms with E-state index < -0.39 is 0 Å². The van der Waals surface area contributed by atoms with Gasteiger partial charge in [-0.15, -0.1) is 0 Å². The molecular weight excluding hydrogens is 226 g/mol. The average molecular weight is 242 g/mol. The van der Waals surface area contributed by atoms with Crippen molar-refractivity contribution in [2.24, 2.45) is 0 Å². The predicted octanol–water partition coefficient (Wildman–Crippen LogP) is 1.10. The van der Waals surface area contributed by atoms with Crippen LogP contribution in [-0.4, -0.2) is 22.7 Å². The minimum Gasteiger partial charge on any atom is -0.302 e. The maximum Gasteiger partial charge on any atom is 0.193 e. The summed E-state index contributed by atoms with van der Waals surface area (Å²) in [5.74, 6) is 0. The van der Waals surface area contributed by atoms with E-state index in [9.17, 15) is 4.79 Å². The van der Waals surface area contributed by atoms with Gasteiger partial charge < -0.3 is 4.79 Å². The molecule has 18 heavy (non-hydrogen) atoms. The molecule has 2 rings (SSSR count). The van der Waals surface area contributed by atoms with Crippen LogP contribution in [0.3, 0.4) is 0 Å². The summed E-state index contributed by atoms with van der Waals surface area (Å²) in [6, 6.07) is 11.7. The fourth-order valence-corrected chi connectivity index (χ4v) is 1.78. The maximum atomic E-state index is 10.7. The van der Waals surface area contributed by atoms with E-state index in [1.165, 1.54) is 0 Å². The number of aldehydes is 1. The summed E-state index contributed by atoms with van der Waals surface area (Å²) in [6.07, 6.45) is 4.57. The molecule has 1 N–H and O–H groups in total. The van der Waals surface area contributed by atoms with E-state index in [1.54, 1.807) is 6.20 Å². The monoisotopic (exact) mass is 242 g/mol. The standard InChI is InChI=1S/C14H15N3O/c18-10-9-17(11-13-5-1-3-7-15-13)12-14-6-2-4-8-16-14/h1-8,10H,9,11-12H2/p+1. The molecule has 0 fully saturated rings. The maximum absolute atomic E-state index is 10.7. The second-order valence-corrected chi connectivity index (χ2v) is 4.05. The van der Waals surface area contributed by atoms with E-state index in [-0.39, 0.29) is 0 Å². The zero-order valence-corrected chi connectivity index (χ0v) is 10.1. The number of nitrogens with one attached hydrogen (secondary N) is 1. The molecule has 0 saturated heterocycles. The zero-order chi connectivity index (χ0) is 12.6. The summed E-state index contributed by atoms with van der Waals surface area (Å²) < 4.78 is 0. The smallest absolute Gasteiger partial charge is 0.193 e. The fraction of sp³-hybridized carbons (Fsp3) is 0.214. The van der Waals surface area contributed by atoms with E-state index in [1.807, 2.05) is 47.5 Å². The third kappa shape index (κ3) is 3.75. The lowest BCUT2D eigenvalue weighted by atomic mass is 10.3. The molecule has 0 amide bonds. The number of hydrogen-bond donors (Lipinski definition) is 0. The molecule has 0 spiro atoms. The van der Waals surface area contributed by atoms with E-state index in [0.29, 0.717) is 19.6 Å². The summed E-state index contributed by atoms with van der Waals surface area (Å²) in [6.45, 7) is 1.78. The van der Waals surface area contributed by atoms with Crippen LogP contribution in [0.25, 0.3) is 0 Å². The van der Waals surface area contributed by atoms with Gasteiger partial charge in [0.15, 0.2) is 11.9 Å². The molecule has 4 nitrogen and oxygen atoms in total. The molecule has 2 aromatic heterocycles. The Morgan fingerprint density at radius 2 is 2.06 bits per heavy atom. The highest BCUT2D eigenvalue weighted by atomic mass is 16.1. The van der Waals surface area contributed by atoms with E-state index in [2.05, 4.69) is 9.97 Å². The molecule has 4 heteroatoms.